The molecule has 1 atom stereocenters. The number of carbonyl (C=O) groups excluding carboxylic acids is 3. The Labute approximate surface area is 227 Å². The van der Waals surface area contributed by atoms with Crippen LogP contribution in [0.25, 0.3) is 5.65 Å². The van der Waals surface area contributed by atoms with Crippen molar-refractivity contribution in [3.8, 4) is 0 Å². The second-order valence-corrected chi connectivity index (χ2v) is 10.3. The van der Waals surface area contributed by atoms with Crippen LogP contribution < -0.4 is 16.8 Å². The smallest absolute Gasteiger partial charge is 0.410 e. The molecule has 0 aliphatic carbocycles. The zero-order valence-electron chi connectivity index (χ0n) is 23.0. The Morgan fingerprint density at radius 2 is 1.79 bits per heavy atom. The molecular formula is C27H37N7O5. The van der Waals surface area contributed by atoms with E-state index in [0.29, 0.717) is 29.7 Å². The Bertz CT molecular complexity index is 1320. The van der Waals surface area contributed by atoms with E-state index in [0.717, 1.165) is 10.5 Å². The van der Waals surface area contributed by atoms with E-state index in [2.05, 4.69) is 35.4 Å². The van der Waals surface area contributed by atoms with Gasteiger partial charge in [0.25, 0.3) is 0 Å². The number of fused-ring (bicyclic) bond motifs is 1. The third-order valence-corrected chi connectivity index (χ3v) is 6.00. The first-order chi connectivity index (χ1) is 18.4. The summed E-state index contributed by atoms with van der Waals surface area (Å²) >= 11 is 0. The molecule has 5 N–H and O–H groups in total. The Morgan fingerprint density at radius 3 is 2.46 bits per heavy atom. The number of hydrogen-bond acceptors (Lipinski definition) is 8. The zero-order valence-corrected chi connectivity index (χ0v) is 23.0. The van der Waals surface area contributed by atoms with Gasteiger partial charge in [0.05, 0.1) is 24.4 Å². The minimum atomic E-state index is -1.15. The van der Waals surface area contributed by atoms with Crippen LogP contribution >= 0.6 is 0 Å². The van der Waals surface area contributed by atoms with Crippen molar-refractivity contribution in [2.45, 2.75) is 58.4 Å². The maximum atomic E-state index is 12.9. The van der Waals surface area contributed by atoms with Gasteiger partial charge in [-0.25, -0.2) is 4.79 Å². The van der Waals surface area contributed by atoms with Crippen LogP contribution in [0.5, 0.6) is 0 Å². The standard InChI is InChI=1S/C27H37N7O5/c1-17(2)20-11-7-6-9-18(20)14-38-16-21(30-25(36)27(3,4)29)24-32-31-23-12-8-10-19(34(23)24)15-39-26(37)33(5)13-22(28)35/h6-12,17,21H,13-16,29H2,1-5H3,(H2,28,35)(H,30,36)/t21-/m1/s1. The number of pyridine rings is 1. The first kappa shape index (κ1) is 29.5. The van der Waals surface area contributed by atoms with E-state index in [-0.39, 0.29) is 19.8 Å². The lowest BCUT2D eigenvalue weighted by Gasteiger charge is -2.24. The van der Waals surface area contributed by atoms with Crippen LogP contribution in [-0.4, -0.2) is 63.1 Å². The number of nitrogens with zero attached hydrogens (tertiary/aromatic N) is 4. The van der Waals surface area contributed by atoms with Crippen LogP contribution in [0.4, 0.5) is 4.79 Å². The molecule has 3 rings (SSSR count). The molecule has 210 valence electrons. The van der Waals surface area contributed by atoms with Crippen molar-refractivity contribution in [1.29, 1.82) is 0 Å². The molecule has 0 unspecified atom stereocenters. The molecule has 0 saturated heterocycles. The quantitative estimate of drug-likeness (QED) is 0.314. The van der Waals surface area contributed by atoms with Gasteiger partial charge in [0.2, 0.25) is 11.8 Å². The van der Waals surface area contributed by atoms with Gasteiger partial charge in [0.15, 0.2) is 11.5 Å². The predicted molar refractivity (Wildman–Crippen MR) is 144 cm³/mol. The minimum absolute atomic E-state index is 0.0878. The number of rotatable bonds is 12. The first-order valence-corrected chi connectivity index (χ1v) is 12.6. The fraction of sp³-hybridized carbons (Fsp3) is 0.444. The van der Waals surface area contributed by atoms with E-state index < -0.39 is 29.5 Å². The van der Waals surface area contributed by atoms with E-state index in [1.807, 2.05) is 18.2 Å². The molecule has 3 aromatic rings. The van der Waals surface area contributed by atoms with Gasteiger partial charge in [-0.2, -0.15) is 0 Å². The highest BCUT2D eigenvalue weighted by Crippen LogP contribution is 2.22. The average Bonchev–Trinajstić information content (AvgIpc) is 3.30. The molecule has 0 aliphatic rings. The molecule has 0 spiro atoms. The number of ether oxygens (including phenoxy) is 2. The number of aromatic nitrogens is 3. The summed E-state index contributed by atoms with van der Waals surface area (Å²) in [7, 11) is 1.41. The molecule has 0 bridgehead atoms. The summed E-state index contributed by atoms with van der Waals surface area (Å²) in [5, 5.41) is 11.5. The number of nitrogens with two attached hydrogens (primary N) is 2. The number of nitrogens with one attached hydrogen (secondary N) is 1. The summed E-state index contributed by atoms with van der Waals surface area (Å²) in [5.74, 6) is -0.342. The second kappa shape index (κ2) is 12.7. The minimum Gasteiger partial charge on any atom is -0.443 e. The van der Waals surface area contributed by atoms with Gasteiger partial charge in [-0.3, -0.25) is 14.0 Å². The lowest BCUT2D eigenvalue weighted by molar-refractivity contribution is -0.126. The van der Waals surface area contributed by atoms with Crippen LogP contribution in [0, 0.1) is 0 Å². The number of hydrogen-bond donors (Lipinski definition) is 3. The average molecular weight is 540 g/mol. The van der Waals surface area contributed by atoms with E-state index in [1.54, 1.807) is 36.4 Å². The third kappa shape index (κ3) is 7.74. The molecular weight excluding hydrogens is 502 g/mol. The molecule has 0 aliphatic heterocycles. The Balaban J connectivity index is 1.87. The summed E-state index contributed by atoms with van der Waals surface area (Å²) in [6.07, 6.45) is -0.720. The van der Waals surface area contributed by atoms with Crippen molar-refractivity contribution in [2.24, 2.45) is 11.5 Å². The highest BCUT2D eigenvalue weighted by atomic mass is 16.6. The number of benzene rings is 1. The molecule has 0 saturated carbocycles. The summed E-state index contributed by atoms with van der Waals surface area (Å²) in [6, 6.07) is 12.6. The van der Waals surface area contributed by atoms with E-state index >= 15 is 0 Å². The van der Waals surface area contributed by atoms with Gasteiger partial charge in [0, 0.05) is 7.05 Å². The molecule has 12 nitrogen and oxygen atoms in total. The number of amides is 3. The molecule has 39 heavy (non-hydrogen) atoms. The number of likely N-dealkylation sites (N-methyl/N-ethyl adjacent to an activating group) is 1. The summed E-state index contributed by atoms with van der Waals surface area (Å²) in [6.45, 7) is 7.45. The molecule has 12 heteroatoms. The van der Waals surface area contributed by atoms with Crippen molar-refractivity contribution >= 4 is 23.6 Å². The van der Waals surface area contributed by atoms with Crippen molar-refractivity contribution in [3.63, 3.8) is 0 Å². The molecule has 0 fully saturated rings. The number of primary amides is 1. The van der Waals surface area contributed by atoms with Crippen LogP contribution in [0.15, 0.2) is 42.5 Å². The maximum Gasteiger partial charge on any atom is 0.410 e. The van der Waals surface area contributed by atoms with Crippen molar-refractivity contribution in [3.05, 3.63) is 65.1 Å². The van der Waals surface area contributed by atoms with Gasteiger partial charge < -0.3 is 31.2 Å². The van der Waals surface area contributed by atoms with Crippen LogP contribution in [0.3, 0.4) is 0 Å². The Kier molecular flexibility index (Phi) is 9.60. The second-order valence-electron chi connectivity index (χ2n) is 10.3. The fourth-order valence-electron chi connectivity index (χ4n) is 3.95. The lowest BCUT2D eigenvalue weighted by Crippen LogP contribution is -2.51. The molecule has 3 amide bonds. The van der Waals surface area contributed by atoms with Gasteiger partial charge >= 0.3 is 6.09 Å². The van der Waals surface area contributed by atoms with E-state index in [9.17, 15) is 14.4 Å². The highest BCUT2D eigenvalue weighted by Gasteiger charge is 2.29. The Hall–Kier alpha value is -4.03. The van der Waals surface area contributed by atoms with Crippen molar-refractivity contribution < 1.29 is 23.9 Å². The Morgan fingerprint density at radius 1 is 1.08 bits per heavy atom. The molecule has 2 heterocycles. The van der Waals surface area contributed by atoms with Gasteiger partial charge in [-0.05, 0) is 43.0 Å². The zero-order chi connectivity index (χ0) is 28.7. The summed E-state index contributed by atoms with van der Waals surface area (Å²) < 4.78 is 13.2. The SMILES string of the molecule is CC(C)c1ccccc1COC[C@@H](NC(=O)C(C)(C)N)c1nnc2cccc(COC(=O)N(C)CC(N)=O)n12. The van der Waals surface area contributed by atoms with Crippen molar-refractivity contribution in [1.82, 2.24) is 24.8 Å². The molecule has 1 aromatic carbocycles. The normalized spacial score (nSPS) is 12.4. The maximum absolute atomic E-state index is 12.9. The monoisotopic (exact) mass is 539 g/mol. The van der Waals surface area contributed by atoms with Crippen LogP contribution in [0.1, 0.15) is 62.3 Å². The van der Waals surface area contributed by atoms with Gasteiger partial charge in [-0.1, -0.05) is 44.2 Å². The van der Waals surface area contributed by atoms with E-state index in [4.69, 9.17) is 20.9 Å². The first-order valence-electron chi connectivity index (χ1n) is 12.6. The topological polar surface area (TPSA) is 167 Å². The molecule has 0 radical (unpaired) electrons. The summed E-state index contributed by atoms with van der Waals surface area (Å²) in [5.41, 5.74) is 13.3. The third-order valence-electron chi connectivity index (χ3n) is 6.00. The molecule has 2 aromatic heterocycles. The van der Waals surface area contributed by atoms with Gasteiger partial charge in [-0.15, -0.1) is 10.2 Å². The van der Waals surface area contributed by atoms with Crippen LogP contribution in [0.2, 0.25) is 0 Å². The predicted octanol–water partition coefficient (Wildman–Crippen LogP) is 2.02. The highest BCUT2D eigenvalue weighted by molar-refractivity contribution is 5.85. The van der Waals surface area contributed by atoms with E-state index in [1.165, 1.54) is 12.6 Å². The van der Waals surface area contributed by atoms with Gasteiger partial charge in [0.1, 0.15) is 19.2 Å². The van der Waals surface area contributed by atoms with Crippen molar-refractivity contribution in [2.75, 3.05) is 20.2 Å². The van der Waals surface area contributed by atoms with Crippen LogP contribution in [-0.2, 0) is 32.3 Å². The number of carbonyl (C=O) groups is 3. The lowest BCUT2D eigenvalue weighted by atomic mass is 9.98. The fourth-order valence-corrected chi connectivity index (χ4v) is 3.95. The summed E-state index contributed by atoms with van der Waals surface area (Å²) in [4.78, 5) is 37.4. The largest absolute Gasteiger partial charge is 0.443 e.